The molecule has 0 saturated carbocycles. The van der Waals surface area contributed by atoms with Gasteiger partial charge in [-0.2, -0.15) is 0 Å². The van der Waals surface area contributed by atoms with Crippen LogP contribution < -0.4 is 0 Å². The second kappa shape index (κ2) is 18.1. The van der Waals surface area contributed by atoms with Crippen LogP contribution in [0.4, 0.5) is 0 Å². The number of fused-ring (bicyclic) bond motifs is 8. The van der Waals surface area contributed by atoms with E-state index in [0.29, 0.717) is 23.7 Å². The van der Waals surface area contributed by atoms with Crippen molar-refractivity contribution in [1.29, 1.82) is 0 Å². The fourth-order valence-corrected chi connectivity index (χ4v) is 13.9. The van der Waals surface area contributed by atoms with Gasteiger partial charge >= 0.3 is 0 Å². The van der Waals surface area contributed by atoms with Crippen LogP contribution in [0.5, 0.6) is 0 Å². The van der Waals surface area contributed by atoms with Gasteiger partial charge in [0.05, 0.1) is 22.1 Å². The lowest BCUT2D eigenvalue weighted by Gasteiger charge is -2.22. The van der Waals surface area contributed by atoms with Crippen LogP contribution in [0.15, 0.2) is 206 Å². The van der Waals surface area contributed by atoms with E-state index in [-0.39, 0.29) is 0 Å². The molecule has 0 atom stereocenters. The fourth-order valence-electron chi connectivity index (χ4n) is 13.9. The Morgan fingerprint density at radius 1 is 0.220 bits per heavy atom. The molecule has 0 saturated heterocycles. The lowest BCUT2D eigenvalue weighted by atomic mass is 9.83. The summed E-state index contributed by atoms with van der Waals surface area (Å²) in [6.45, 7) is 18.2. The van der Waals surface area contributed by atoms with Crippen molar-refractivity contribution in [1.82, 2.24) is 9.97 Å². The molecule has 14 aromatic carbocycles. The molecule has 16 aromatic rings. The number of rotatable bonds is 8. The molecule has 82 heavy (non-hydrogen) atoms. The molecule has 0 radical (unpaired) electrons. The Balaban J connectivity index is 0.977. The van der Waals surface area contributed by atoms with Crippen molar-refractivity contribution < 1.29 is 0 Å². The van der Waals surface area contributed by atoms with Crippen molar-refractivity contribution in [2.75, 3.05) is 0 Å². The van der Waals surface area contributed by atoms with Crippen molar-refractivity contribution >= 4 is 119 Å². The van der Waals surface area contributed by atoms with Gasteiger partial charge in [-0.05, 0) is 204 Å². The Morgan fingerprint density at radius 3 is 0.829 bits per heavy atom. The van der Waals surface area contributed by atoms with Crippen LogP contribution in [0.1, 0.15) is 101 Å². The molecule has 0 aliphatic heterocycles. The quantitative estimate of drug-likeness (QED) is 0.112. The molecule has 392 valence electrons. The summed E-state index contributed by atoms with van der Waals surface area (Å²) >= 11 is 0. The molecule has 2 nitrogen and oxygen atoms in total. The van der Waals surface area contributed by atoms with Gasteiger partial charge in [-0.1, -0.05) is 213 Å². The van der Waals surface area contributed by atoms with E-state index in [1.165, 1.54) is 153 Å². The number of hydrogen-bond acceptors (Lipinski definition) is 2. The first-order valence-corrected chi connectivity index (χ1v) is 29.6. The number of benzene rings is 14. The van der Waals surface area contributed by atoms with Crippen LogP contribution in [0.3, 0.4) is 0 Å². The van der Waals surface area contributed by atoms with Gasteiger partial charge in [0.2, 0.25) is 0 Å². The third-order valence-electron chi connectivity index (χ3n) is 18.5. The predicted molar refractivity (Wildman–Crippen MR) is 355 cm³/mol. The topological polar surface area (TPSA) is 25.8 Å². The summed E-state index contributed by atoms with van der Waals surface area (Å²) in [5.74, 6) is 1.85. The first kappa shape index (κ1) is 48.6. The number of aromatic nitrogens is 2. The third kappa shape index (κ3) is 7.47. The molecule has 0 N–H and O–H groups in total. The zero-order valence-corrected chi connectivity index (χ0v) is 47.8. The highest BCUT2D eigenvalue weighted by Gasteiger charge is 2.26. The van der Waals surface area contributed by atoms with E-state index in [4.69, 9.17) is 9.97 Å². The van der Waals surface area contributed by atoms with Crippen molar-refractivity contribution in [2.24, 2.45) is 0 Å². The predicted octanol–water partition coefficient (Wildman–Crippen LogP) is 23.2. The average Bonchev–Trinajstić information content (AvgIpc) is 0.878. The zero-order chi connectivity index (χ0) is 55.4. The molecule has 2 heteroatoms. The highest BCUT2D eigenvalue weighted by molar-refractivity contribution is 6.41. The van der Waals surface area contributed by atoms with Crippen LogP contribution in [-0.2, 0) is 0 Å². The molecule has 2 aromatic heterocycles. The van der Waals surface area contributed by atoms with E-state index in [9.17, 15) is 0 Å². The van der Waals surface area contributed by atoms with Gasteiger partial charge in [0, 0.05) is 32.3 Å². The second-order valence-electron chi connectivity index (χ2n) is 24.9. The summed E-state index contributed by atoms with van der Waals surface area (Å²) in [5.41, 5.74) is 19.1. The minimum atomic E-state index is 0.451. The van der Waals surface area contributed by atoms with E-state index < -0.39 is 0 Å². The lowest BCUT2D eigenvalue weighted by Crippen LogP contribution is -1.99. The van der Waals surface area contributed by atoms with Crippen LogP contribution in [-0.4, -0.2) is 9.97 Å². The highest BCUT2D eigenvalue weighted by atomic mass is 14.7. The molecule has 0 fully saturated rings. The molecule has 2 heterocycles. The summed E-state index contributed by atoms with van der Waals surface area (Å²) in [4.78, 5) is 11.7. The molecular weight excluding hydrogens is 989 g/mol. The molecule has 0 bridgehead atoms. The lowest BCUT2D eigenvalue weighted by molar-refractivity contribution is 0.869. The van der Waals surface area contributed by atoms with Gasteiger partial charge in [-0.3, -0.25) is 0 Å². The van der Waals surface area contributed by atoms with E-state index in [0.717, 1.165) is 32.8 Å². The monoisotopic (exact) mass is 1050 g/mol. The summed E-state index contributed by atoms with van der Waals surface area (Å²) in [6, 6.07) is 79.4. The minimum Gasteiger partial charge on any atom is -0.247 e. The Morgan fingerprint density at radius 2 is 0.488 bits per heavy atom. The van der Waals surface area contributed by atoms with Crippen molar-refractivity contribution in [3.8, 4) is 44.5 Å². The molecule has 0 unspecified atom stereocenters. The SMILES string of the molecule is CC(C)c1ccc2cc(-c3ccc4c(c3)c(-c3ccc5cc(C(C)C)ccc5c3)c3ccc5nc6c7ccc(-c8ccc9cc(C(C)C)ccc9c8)cc7c(-c7ccc8cc(C(C)C)ccc8c7)c7ccc8nc4c3c5c8c76)ccc2c1. The van der Waals surface area contributed by atoms with Gasteiger partial charge in [0.15, 0.2) is 0 Å². The zero-order valence-electron chi connectivity index (χ0n) is 47.8. The van der Waals surface area contributed by atoms with Crippen LogP contribution in [0.25, 0.3) is 164 Å². The Bertz CT molecular complexity index is 5010. The first-order valence-electron chi connectivity index (χ1n) is 29.6. The van der Waals surface area contributed by atoms with Gasteiger partial charge in [-0.15, -0.1) is 0 Å². The maximum absolute atomic E-state index is 5.85. The smallest absolute Gasteiger partial charge is 0.0801 e. The van der Waals surface area contributed by atoms with E-state index in [1.54, 1.807) is 0 Å². The Hall–Kier alpha value is -9.24. The largest absolute Gasteiger partial charge is 0.247 e. The van der Waals surface area contributed by atoms with E-state index >= 15 is 0 Å². The van der Waals surface area contributed by atoms with Gasteiger partial charge in [0.25, 0.3) is 0 Å². The van der Waals surface area contributed by atoms with Crippen molar-refractivity contribution in [2.45, 2.75) is 79.1 Å². The standard InChI is InChI=1S/C80H62N2/c1-43(2)47-9-13-55-37-57(19-17-51(55)33-47)61-25-27-65-69(41-61)73(63-23-21-53-35-49(45(5)6)11-15-59(53)39-63)67-29-31-72-77-75(67)79(65)81-71-32-30-68-74(64-24-22-54-36-50(46(7)8)12-16-60(54)40-64)70-42-62(26-28-66(70)80(82-72)76(68)78(71)77)58-20-18-52-34-48(44(3)4)10-14-56(52)38-58/h9-46H,1-8H3. The van der Waals surface area contributed by atoms with Crippen LogP contribution in [0, 0.1) is 0 Å². The highest BCUT2D eigenvalue weighted by Crippen LogP contribution is 2.51. The Kier molecular flexibility index (Phi) is 10.8. The molecule has 0 aliphatic carbocycles. The maximum Gasteiger partial charge on any atom is 0.0801 e. The molecule has 0 aliphatic rings. The number of pyridine rings is 2. The fraction of sp³-hybridized carbons (Fsp3) is 0.150. The molecule has 16 rings (SSSR count). The Labute approximate surface area is 478 Å². The van der Waals surface area contributed by atoms with E-state index in [2.05, 4.69) is 262 Å². The minimum absolute atomic E-state index is 0.451. The van der Waals surface area contributed by atoms with Crippen molar-refractivity contribution in [3.05, 3.63) is 229 Å². The normalized spacial score (nSPS) is 12.6. The number of hydrogen-bond donors (Lipinski definition) is 0. The number of nitrogens with zero attached hydrogens (tertiary/aromatic N) is 2. The van der Waals surface area contributed by atoms with Gasteiger partial charge in [-0.25, -0.2) is 9.97 Å². The second-order valence-corrected chi connectivity index (χ2v) is 24.9. The third-order valence-corrected chi connectivity index (χ3v) is 18.5. The average molecular weight is 1050 g/mol. The summed E-state index contributed by atoms with van der Waals surface area (Å²) in [5, 5.41) is 21.8. The molecule has 0 spiro atoms. The van der Waals surface area contributed by atoms with Gasteiger partial charge in [0.1, 0.15) is 0 Å². The molecule has 0 amide bonds. The van der Waals surface area contributed by atoms with Gasteiger partial charge < -0.3 is 0 Å². The summed E-state index contributed by atoms with van der Waals surface area (Å²) < 4.78 is 0. The summed E-state index contributed by atoms with van der Waals surface area (Å²) in [6.07, 6.45) is 0. The summed E-state index contributed by atoms with van der Waals surface area (Å²) in [7, 11) is 0. The van der Waals surface area contributed by atoms with E-state index in [1.807, 2.05) is 0 Å². The van der Waals surface area contributed by atoms with Crippen LogP contribution in [0.2, 0.25) is 0 Å². The van der Waals surface area contributed by atoms with Crippen LogP contribution >= 0.6 is 0 Å². The van der Waals surface area contributed by atoms with Crippen molar-refractivity contribution in [3.63, 3.8) is 0 Å². The molecular formula is C80H62N2. The maximum atomic E-state index is 5.85. The first-order chi connectivity index (χ1) is 39.9.